The predicted octanol–water partition coefficient (Wildman–Crippen LogP) is 2.69. The van der Waals surface area contributed by atoms with Crippen molar-refractivity contribution in [2.75, 3.05) is 0 Å². The summed E-state index contributed by atoms with van der Waals surface area (Å²) >= 11 is 0. The first-order chi connectivity index (χ1) is 7.70. The quantitative estimate of drug-likeness (QED) is 0.839. The zero-order valence-corrected chi connectivity index (χ0v) is 8.94. The molecule has 0 unspecified atom stereocenters. The van der Waals surface area contributed by atoms with E-state index in [0.29, 0.717) is 5.56 Å². The van der Waals surface area contributed by atoms with Crippen LogP contribution in [0.3, 0.4) is 0 Å². The summed E-state index contributed by atoms with van der Waals surface area (Å²) in [5, 5.41) is 8.98. The fourth-order valence-corrected chi connectivity index (χ4v) is 1.51. The summed E-state index contributed by atoms with van der Waals surface area (Å²) in [6.07, 6.45) is 1.74. The van der Waals surface area contributed by atoms with Crippen LogP contribution in [0.4, 0.5) is 4.39 Å². The average molecular weight is 217 g/mol. The zero-order valence-electron chi connectivity index (χ0n) is 8.94. The van der Waals surface area contributed by atoms with Gasteiger partial charge in [-0.15, -0.1) is 0 Å². The number of benzene rings is 1. The summed E-state index contributed by atoms with van der Waals surface area (Å²) < 4.78 is 13.2. The summed E-state index contributed by atoms with van der Waals surface area (Å²) in [4.78, 5) is 4.18. The molecule has 1 aromatic heterocycles. The number of halogens is 1. The Morgan fingerprint density at radius 2 is 1.94 bits per heavy atom. The van der Waals surface area contributed by atoms with Gasteiger partial charge in [-0.25, -0.2) is 4.39 Å². The third-order valence-electron chi connectivity index (χ3n) is 2.46. The number of pyridine rings is 1. The second-order valence-corrected chi connectivity index (χ2v) is 3.65. The highest BCUT2D eigenvalue weighted by atomic mass is 19.1. The van der Waals surface area contributed by atoms with Gasteiger partial charge in [-0.2, -0.15) is 0 Å². The number of hydrogen-bond acceptors (Lipinski definition) is 2. The van der Waals surface area contributed by atoms with Gasteiger partial charge >= 0.3 is 0 Å². The highest BCUT2D eigenvalue weighted by Gasteiger charge is 2.04. The number of aryl methyl sites for hydroxylation is 1. The first-order valence-electron chi connectivity index (χ1n) is 5.03. The van der Waals surface area contributed by atoms with E-state index in [0.717, 1.165) is 16.8 Å². The minimum absolute atomic E-state index is 0.293. The van der Waals surface area contributed by atoms with Gasteiger partial charge in [0.05, 0.1) is 6.61 Å². The Kier molecular flexibility index (Phi) is 2.97. The van der Waals surface area contributed by atoms with Crippen LogP contribution in [0.2, 0.25) is 0 Å². The van der Waals surface area contributed by atoms with Crippen LogP contribution < -0.4 is 0 Å². The number of nitrogens with zero attached hydrogens (tertiary/aromatic N) is 1. The Morgan fingerprint density at radius 1 is 1.19 bits per heavy atom. The van der Waals surface area contributed by atoms with E-state index in [4.69, 9.17) is 5.11 Å². The topological polar surface area (TPSA) is 33.1 Å². The monoisotopic (exact) mass is 217 g/mol. The molecule has 0 radical (unpaired) electrons. The van der Waals surface area contributed by atoms with Gasteiger partial charge in [0, 0.05) is 23.0 Å². The highest BCUT2D eigenvalue weighted by Crippen LogP contribution is 2.21. The molecule has 0 saturated carbocycles. The molecule has 2 aromatic rings. The van der Waals surface area contributed by atoms with Gasteiger partial charge < -0.3 is 5.11 Å². The molecule has 0 aliphatic heterocycles. The molecular weight excluding hydrogens is 205 g/mol. The molecule has 0 amide bonds. The van der Waals surface area contributed by atoms with Crippen molar-refractivity contribution in [1.82, 2.24) is 4.98 Å². The fraction of sp³-hybridized carbons (Fsp3) is 0.154. The van der Waals surface area contributed by atoms with E-state index in [2.05, 4.69) is 4.98 Å². The van der Waals surface area contributed by atoms with Crippen LogP contribution in [-0.4, -0.2) is 10.1 Å². The Hall–Kier alpha value is -1.74. The lowest BCUT2D eigenvalue weighted by atomic mass is 10.0. The number of rotatable bonds is 2. The van der Waals surface area contributed by atoms with Crippen molar-refractivity contribution in [3.8, 4) is 11.1 Å². The highest BCUT2D eigenvalue weighted by molar-refractivity contribution is 5.63. The molecule has 0 fully saturated rings. The normalized spacial score (nSPS) is 10.4. The van der Waals surface area contributed by atoms with Gasteiger partial charge in [0.15, 0.2) is 0 Å². The van der Waals surface area contributed by atoms with Crippen molar-refractivity contribution >= 4 is 0 Å². The molecule has 2 nitrogen and oxygen atoms in total. The molecule has 0 aliphatic carbocycles. The minimum atomic E-state index is -0.383. The van der Waals surface area contributed by atoms with Gasteiger partial charge in [0.25, 0.3) is 0 Å². The fourth-order valence-electron chi connectivity index (χ4n) is 1.51. The molecule has 1 aromatic carbocycles. The van der Waals surface area contributed by atoms with E-state index in [1.165, 1.54) is 6.07 Å². The predicted molar refractivity (Wildman–Crippen MR) is 60.3 cm³/mol. The molecule has 1 heterocycles. The third kappa shape index (κ3) is 2.09. The molecule has 3 heteroatoms. The first kappa shape index (κ1) is 10.8. The maximum Gasteiger partial charge on any atom is 0.128 e. The van der Waals surface area contributed by atoms with Crippen LogP contribution in [-0.2, 0) is 6.61 Å². The molecule has 0 atom stereocenters. The largest absolute Gasteiger partial charge is 0.392 e. The van der Waals surface area contributed by atoms with E-state index in [-0.39, 0.29) is 12.4 Å². The number of aromatic nitrogens is 1. The average Bonchev–Trinajstić information content (AvgIpc) is 2.31. The van der Waals surface area contributed by atoms with Crippen molar-refractivity contribution in [3.05, 3.63) is 53.6 Å². The van der Waals surface area contributed by atoms with Gasteiger partial charge in [-0.1, -0.05) is 12.1 Å². The van der Waals surface area contributed by atoms with Crippen molar-refractivity contribution < 1.29 is 9.50 Å². The van der Waals surface area contributed by atoms with E-state index in [1.807, 2.05) is 19.1 Å². The Bertz CT molecular complexity index is 494. The lowest BCUT2D eigenvalue weighted by molar-refractivity contribution is 0.276. The molecule has 0 saturated heterocycles. The summed E-state index contributed by atoms with van der Waals surface area (Å²) in [7, 11) is 0. The van der Waals surface area contributed by atoms with E-state index < -0.39 is 0 Å². The number of aliphatic hydroxyl groups excluding tert-OH is 1. The summed E-state index contributed by atoms with van der Waals surface area (Å²) in [5.41, 5.74) is 3.02. The summed E-state index contributed by atoms with van der Waals surface area (Å²) in [6, 6.07) is 8.51. The molecule has 0 aliphatic rings. The van der Waals surface area contributed by atoms with Gasteiger partial charge in [-0.05, 0) is 30.7 Å². The van der Waals surface area contributed by atoms with Crippen molar-refractivity contribution in [2.24, 2.45) is 0 Å². The molecule has 1 N–H and O–H groups in total. The summed E-state index contributed by atoms with van der Waals surface area (Å²) in [5.74, 6) is -0.383. The van der Waals surface area contributed by atoms with Crippen LogP contribution in [0.5, 0.6) is 0 Å². The minimum Gasteiger partial charge on any atom is -0.392 e. The SMILES string of the molecule is Cc1ccc(-c2ccc(F)c(CO)c2)cn1. The van der Waals surface area contributed by atoms with Gasteiger partial charge in [-0.3, -0.25) is 4.98 Å². The number of aliphatic hydroxyl groups is 1. The van der Waals surface area contributed by atoms with Crippen LogP contribution >= 0.6 is 0 Å². The second-order valence-electron chi connectivity index (χ2n) is 3.65. The maximum atomic E-state index is 13.2. The Labute approximate surface area is 93.4 Å². The molecular formula is C13H12FNO. The summed E-state index contributed by atoms with van der Waals surface area (Å²) in [6.45, 7) is 1.62. The van der Waals surface area contributed by atoms with Crippen LogP contribution in [0, 0.1) is 12.7 Å². The lowest BCUT2D eigenvalue weighted by Crippen LogP contribution is -1.91. The van der Waals surface area contributed by atoms with Crippen molar-refractivity contribution in [2.45, 2.75) is 13.5 Å². The van der Waals surface area contributed by atoms with Crippen LogP contribution in [0.15, 0.2) is 36.5 Å². The second kappa shape index (κ2) is 4.41. The molecule has 2 rings (SSSR count). The lowest BCUT2D eigenvalue weighted by Gasteiger charge is -2.05. The van der Waals surface area contributed by atoms with Gasteiger partial charge in [0.2, 0.25) is 0 Å². The van der Waals surface area contributed by atoms with Crippen LogP contribution in [0.25, 0.3) is 11.1 Å². The first-order valence-corrected chi connectivity index (χ1v) is 5.03. The Morgan fingerprint density at radius 3 is 2.56 bits per heavy atom. The van der Waals surface area contributed by atoms with Gasteiger partial charge in [0.1, 0.15) is 5.82 Å². The third-order valence-corrected chi connectivity index (χ3v) is 2.46. The standard InChI is InChI=1S/C13H12FNO/c1-9-2-3-11(7-15-9)10-4-5-13(14)12(6-10)8-16/h2-7,16H,8H2,1H3. The van der Waals surface area contributed by atoms with E-state index in [1.54, 1.807) is 18.3 Å². The molecule has 0 bridgehead atoms. The van der Waals surface area contributed by atoms with E-state index in [9.17, 15) is 4.39 Å². The number of hydrogen-bond donors (Lipinski definition) is 1. The smallest absolute Gasteiger partial charge is 0.128 e. The molecule has 16 heavy (non-hydrogen) atoms. The zero-order chi connectivity index (χ0) is 11.5. The van der Waals surface area contributed by atoms with Crippen molar-refractivity contribution in [3.63, 3.8) is 0 Å². The van der Waals surface area contributed by atoms with Crippen molar-refractivity contribution in [1.29, 1.82) is 0 Å². The van der Waals surface area contributed by atoms with Crippen LogP contribution in [0.1, 0.15) is 11.3 Å². The van der Waals surface area contributed by atoms with E-state index >= 15 is 0 Å². The maximum absolute atomic E-state index is 13.2. The Balaban J connectivity index is 2.44. The molecule has 0 spiro atoms. The molecule has 82 valence electrons.